The molecule has 0 aliphatic rings. The number of nitrogens with two attached hydrogens (primary N) is 1. The van der Waals surface area contributed by atoms with E-state index in [0.717, 1.165) is 18.1 Å². The fourth-order valence-electron chi connectivity index (χ4n) is 1.08. The second kappa shape index (κ2) is 4.87. The van der Waals surface area contributed by atoms with Gasteiger partial charge in [-0.1, -0.05) is 13.8 Å². The van der Waals surface area contributed by atoms with E-state index >= 15 is 0 Å². The van der Waals surface area contributed by atoms with Gasteiger partial charge in [-0.2, -0.15) is 0 Å². The summed E-state index contributed by atoms with van der Waals surface area (Å²) in [7, 11) is 0. The van der Waals surface area contributed by atoms with Gasteiger partial charge < -0.3 is 11.1 Å². The van der Waals surface area contributed by atoms with Gasteiger partial charge in [-0.15, -0.1) is 11.3 Å². The predicted octanol–water partition coefficient (Wildman–Crippen LogP) is 1.53. The van der Waals surface area contributed by atoms with Crippen LogP contribution in [0.4, 0.5) is 0 Å². The molecule has 3 nitrogen and oxygen atoms in total. The quantitative estimate of drug-likeness (QED) is 0.780. The Hall–Kier alpha value is -0.450. The maximum atomic E-state index is 5.64. The largest absolute Gasteiger partial charge is 0.330 e. The van der Waals surface area contributed by atoms with Gasteiger partial charge in [0.25, 0.3) is 0 Å². The molecule has 0 bridgehead atoms. The molecule has 4 heteroatoms. The van der Waals surface area contributed by atoms with Gasteiger partial charge in [0.2, 0.25) is 0 Å². The van der Waals surface area contributed by atoms with Crippen molar-refractivity contribution in [1.29, 1.82) is 0 Å². The van der Waals surface area contributed by atoms with Crippen LogP contribution in [0.2, 0.25) is 0 Å². The van der Waals surface area contributed by atoms with E-state index in [-0.39, 0.29) is 5.41 Å². The zero-order chi connectivity index (χ0) is 10.6. The highest BCUT2D eigenvalue weighted by atomic mass is 32.1. The number of hydrogen-bond donors (Lipinski definition) is 2. The molecule has 0 saturated heterocycles. The summed E-state index contributed by atoms with van der Waals surface area (Å²) in [4.78, 5) is 5.49. The van der Waals surface area contributed by atoms with Crippen molar-refractivity contribution in [2.75, 3.05) is 13.1 Å². The third kappa shape index (κ3) is 3.74. The van der Waals surface area contributed by atoms with Gasteiger partial charge in [0.05, 0.1) is 5.01 Å². The van der Waals surface area contributed by atoms with E-state index < -0.39 is 0 Å². The maximum absolute atomic E-state index is 5.64. The van der Waals surface area contributed by atoms with Gasteiger partial charge in [-0.05, 0) is 18.9 Å². The fraction of sp³-hybridized carbons (Fsp3) is 0.700. The lowest BCUT2D eigenvalue weighted by molar-refractivity contribution is 0.352. The molecule has 1 heterocycles. The van der Waals surface area contributed by atoms with E-state index in [0.29, 0.717) is 6.54 Å². The summed E-state index contributed by atoms with van der Waals surface area (Å²) in [5.74, 6) is 0. The third-order valence-corrected chi connectivity index (χ3v) is 3.04. The van der Waals surface area contributed by atoms with Crippen molar-refractivity contribution >= 4 is 11.3 Å². The molecule has 0 unspecified atom stereocenters. The Morgan fingerprint density at radius 1 is 1.57 bits per heavy atom. The Labute approximate surface area is 89.7 Å². The molecule has 80 valence electrons. The van der Waals surface area contributed by atoms with E-state index in [1.54, 1.807) is 11.3 Å². The minimum Gasteiger partial charge on any atom is -0.330 e. The number of thiazole rings is 1. The van der Waals surface area contributed by atoms with Crippen molar-refractivity contribution < 1.29 is 0 Å². The van der Waals surface area contributed by atoms with Crippen molar-refractivity contribution in [2.24, 2.45) is 11.1 Å². The van der Waals surface area contributed by atoms with Crippen LogP contribution in [0.15, 0.2) is 6.20 Å². The van der Waals surface area contributed by atoms with E-state index in [1.165, 1.54) is 4.88 Å². The minimum atomic E-state index is 0.180. The monoisotopic (exact) mass is 213 g/mol. The first-order valence-electron chi connectivity index (χ1n) is 4.85. The molecule has 0 aliphatic heterocycles. The van der Waals surface area contributed by atoms with Crippen LogP contribution in [-0.4, -0.2) is 18.1 Å². The number of nitrogens with zero attached hydrogens (tertiary/aromatic N) is 1. The summed E-state index contributed by atoms with van der Waals surface area (Å²) in [6.07, 6.45) is 1.93. The van der Waals surface area contributed by atoms with Crippen LogP contribution in [0, 0.1) is 12.3 Å². The average Bonchev–Trinajstić information content (AvgIpc) is 2.51. The van der Waals surface area contributed by atoms with E-state index in [1.807, 2.05) is 13.1 Å². The second-order valence-corrected chi connectivity index (χ2v) is 5.64. The third-order valence-electron chi connectivity index (χ3n) is 2.12. The lowest BCUT2D eigenvalue weighted by Gasteiger charge is -2.22. The zero-order valence-electron chi connectivity index (χ0n) is 9.13. The van der Waals surface area contributed by atoms with Crippen LogP contribution in [0.1, 0.15) is 23.7 Å². The van der Waals surface area contributed by atoms with Gasteiger partial charge in [-0.3, -0.25) is 0 Å². The number of nitrogens with one attached hydrogen (secondary N) is 1. The van der Waals surface area contributed by atoms with Gasteiger partial charge in [0.1, 0.15) is 0 Å². The standard InChI is InChI=1S/C10H19N3S/c1-8-13-5-9(14-8)4-12-7-10(2,3)6-11/h5,12H,4,6-7,11H2,1-3H3. The highest BCUT2D eigenvalue weighted by Crippen LogP contribution is 2.13. The van der Waals surface area contributed by atoms with E-state index in [2.05, 4.69) is 24.1 Å². The molecule has 0 spiro atoms. The lowest BCUT2D eigenvalue weighted by Crippen LogP contribution is -2.35. The molecule has 14 heavy (non-hydrogen) atoms. The van der Waals surface area contributed by atoms with Crippen LogP contribution < -0.4 is 11.1 Å². The first-order chi connectivity index (χ1) is 6.53. The molecule has 0 atom stereocenters. The van der Waals surface area contributed by atoms with Gasteiger partial charge in [0.15, 0.2) is 0 Å². The predicted molar refractivity (Wildman–Crippen MR) is 61.4 cm³/mol. The molecule has 1 aromatic rings. The molecule has 1 rings (SSSR count). The van der Waals surface area contributed by atoms with Crippen LogP contribution in [-0.2, 0) is 6.54 Å². The number of hydrogen-bond acceptors (Lipinski definition) is 4. The lowest BCUT2D eigenvalue weighted by atomic mass is 9.94. The van der Waals surface area contributed by atoms with Crippen molar-refractivity contribution in [3.63, 3.8) is 0 Å². The van der Waals surface area contributed by atoms with Crippen LogP contribution in [0.5, 0.6) is 0 Å². The molecule has 0 amide bonds. The van der Waals surface area contributed by atoms with Crippen LogP contribution in [0.3, 0.4) is 0 Å². The Morgan fingerprint density at radius 3 is 2.79 bits per heavy atom. The number of aryl methyl sites for hydroxylation is 1. The van der Waals surface area contributed by atoms with Crippen molar-refractivity contribution in [3.8, 4) is 0 Å². The molecule has 0 aromatic carbocycles. The summed E-state index contributed by atoms with van der Waals surface area (Å²) < 4.78 is 0. The summed E-state index contributed by atoms with van der Waals surface area (Å²) in [5.41, 5.74) is 5.82. The number of rotatable bonds is 5. The molecule has 1 aromatic heterocycles. The highest BCUT2D eigenvalue weighted by Gasteiger charge is 2.14. The summed E-state index contributed by atoms with van der Waals surface area (Å²) >= 11 is 1.74. The average molecular weight is 213 g/mol. The first-order valence-corrected chi connectivity index (χ1v) is 5.67. The summed E-state index contributed by atoms with van der Waals surface area (Å²) in [6.45, 7) is 8.91. The normalized spacial score (nSPS) is 12.0. The van der Waals surface area contributed by atoms with Crippen LogP contribution in [0.25, 0.3) is 0 Å². The summed E-state index contributed by atoms with van der Waals surface area (Å²) in [6, 6.07) is 0. The first kappa shape index (κ1) is 11.6. The maximum Gasteiger partial charge on any atom is 0.0897 e. The Morgan fingerprint density at radius 2 is 2.29 bits per heavy atom. The van der Waals surface area contributed by atoms with Crippen molar-refractivity contribution in [2.45, 2.75) is 27.3 Å². The van der Waals surface area contributed by atoms with Gasteiger partial charge >= 0.3 is 0 Å². The summed E-state index contributed by atoms with van der Waals surface area (Å²) in [5, 5.41) is 4.52. The molecular formula is C10H19N3S. The second-order valence-electron chi connectivity index (χ2n) is 4.32. The van der Waals surface area contributed by atoms with Crippen molar-refractivity contribution in [1.82, 2.24) is 10.3 Å². The molecule has 0 fully saturated rings. The van der Waals surface area contributed by atoms with Crippen molar-refractivity contribution in [3.05, 3.63) is 16.1 Å². The van der Waals surface area contributed by atoms with Gasteiger partial charge in [-0.25, -0.2) is 4.98 Å². The molecule has 0 radical (unpaired) electrons. The topological polar surface area (TPSA) is 50.9 Å². The smallest absolute Gasteiger partial charge is 0.0897 e. The molecular weight excluding hydrogens is 194 g/mol. The SMILES string of the molecule is Cc1ncc(CNCC(C)(C)CN)s1. The highest BCUT2D eigenvalue weighted by molar-refractivity contribution is 7.11. The minimum absolute atomic E-state index is 0.180. The molecule has 0 aliphatic carbocycles. The Bertz CT molecular complexity index is 281. The zero-order valence-corrected chi connectivity index (χ0v) is 9.95. The van der Waals surface area contributed by atoms with E-state index in [4.69, 9.17) is 5.73 Å². The van der Waals surface area contributed by atoms with Gasteiger partial charge in [0, 0.05) is 24.2 Å². The molecule has 3 N–H and O–H groups in total. The number of aromatic nitrogens is 1. The van der Waals surface area contributed by atoms with E-state index in [9.17, 15) is 0 Å². The van der Waals surface area contributed by atoms with Crippen LogP contribution >= 0.6 is 11.3 Å². The Kier molecular flexibility index (Phi) is 4.04. The Balaban J connectivity index is 2.28. The fourth-order valence-corrected chi connectivity index (χ4v) is 1.85. The molecule has 0 saturated carbocycles.